The van der Waals surface area contributed by atoms with Gasteiger partial charge in [0.25, 0.3) is 0 Å². The monoisotopic (exact) mass is 383 g/mol. The molecule has 0 aromatic heterocycles. The molecule has 1 atom stereocenters. The number of ether oxygens (including phenoxy) is 2. The van der Waals surface area contributed by atoms with Crippen LogP contribution in [0, 0.1) is 5.92 Å². The van der Waals surface area contributed by atoms with E-state index >= 15 is 0 Å². The van der Waals surface area contributed by atoms with Crippen molar-refractivity contribution in [1.82, 2.24) is 15.5 Å². The lowest BCUT2D eigenvalue weighted by Crippen LogP contribution is -2.45. The quantitative estimate of drug-likeness (QED) is 0.781. The van der Waals surface area contributed by atoms with Crippen molar-refractivity contribution in [3.05, 3.63) is 29.8 Å². The van der Waals surface area contributed by atoms with Crippen LogP contribution in [0.5, 0.6) is 5.75 Å². The lowest BCUT2D eigenvalue weighted by molar-refractivity contribution is -0.126. The van der Waals surface area contributed by atoms with Gasteiger partial charge in [-0.1, -0.05) is 12.1 Å². The molecule has 2 saturated heterocycles. The predicted molar refractivity (Wildman–Crippen MR) is 104 cm³/mol. The van der Waals surface area contributed by atoms with Gasteiger partial charge in [0.1, 0.15) is 5.75 Å². The summed E-state index contributed by atoms with van der Waals surface area (Å²) in [6.07, 6.45) is 1.85. The second kappa shape index (κ2) is 10.7. The highest BCUT2D eigenvalue weighted by atomic mass is 35.5. The summed E-state index contributed by atoms with van der Waals surface area (Å²) in [4.78, 5) is 14.9. The van der Waals surface area contributed by atoms with Gasteiger partial charge in [0.2, 0.25) is 5.91 Å². The van der Waals surface area contributed by atoms with Gasteiger partial charge in [-0.15, -0.1) is 12.4 Å². The summed E-state index contributed by atoms with van der Waals surface area (Å²) in [5, 5.41) is 6.51. The Balaban J connectivity index is 0.00000243. The molecule has 26 heavy (non-hydrogen) atoms. The maximum atomic E-state index is 12.5. The van der Waals surface area contributed by atoms with Crippen molar-refractivity contribution < 1.29 is 14.3 Å². The Morgan fingerprint density at radius 2 is 1.92 bits per heavy atom. The Kier molecular flexibility index (Phi) is 8.65. The third kappa shape index (κ3) is 5.58. The number of piperidine rings is 1. The first-order valence-electron chi connectivity index (χ1n) is 9.22. The standard InChI is InChI=1S/C19H29N3O3.ClH/c1-24-17-4-2-15(3-5-17)18(22-10-12-25-13-11-22)14-21-19(23)16-6-8-20-9-7-16;/h2-5,16,18,20H,6-14H2,1H3,(H,21,23);1H. The van der Waals surface area contributed by atoms with Gasteiger partial charge in [0.15, 0.2) is 0 Å². The summed E-state index contributed by atoms with van der Waals surface area (Å²) in [6, 6.07) is 8.32. The lowest BCUT2D eigenvalue weighted by Gasteiger charge is -2.35. The SMILES string of the molecule is COc1ccc(C(CNC(=O)C2CCNCC2)N2CCOCC2)cc1.Cl. The highest BCUT2D eigenvalue weighted by Crippen LogP contribution is 2.24. The van der Waals surface area contributed by atoms with Crippen LogP contribution in [-0.4, -0.2) is 63.9 Å². The molecule has 0 spiro atoms. The molecule has 2 fully saturated rings. The molecule has 2 heterocycles. The minimum absolute atomic E-state index is 0. The maximum Gasteiger partial charge on any atom is 0.223 e. The molecule has 3 rings (SSSR count). The van der Waals surface area contributed by atoms with Crippen molar-refractivity contribution in [2.75, 3.05) is 53.0 Å². The van der Waals surface area contributed by atoms with E-state index in [0.717, 1.165) is 58.0 Å². The van der Waals surface area contributed by atoms with Gasteiger partial charge >= 0.3 is 0 Å². The third-order valence-electron chi connectivity index (χ3n) is 5.17. The molecule has 1 unspecified atom stereocenters. The Morgan fingerprint density at radius 3 is 2.54 bits per heavy atom. The molecule has 1 aromatic carbocycles. The zero-order valence-electron chi connectivity index (χ0n) is 15.4. The fourth-order valence-corrected chi connectivity index (χ4v) is 3.60. The van der Waals surface area contributed by atoms with Crippen LogP contribution < -0.4 is 15.4 Å². The van der Waals surface area contributed by atoms with E-state index in [-0.39, 0.29) is 30.3 Å². The fraction of sp³-hybridized carbons (Fsp3) is 0.632. The third-order valence-corrected chi connectivity index (χ3v) is 5.17. The topological polar surface area (TPSA) is 62.8 Å². The highest BCUT2D eigenvalue weighted by molar-refractivity contribution is 5.85. The van der Waals surface area contributed by atoms with E-state index in [4.69, 9.17) is 9.47 Å². The van der Waals surface area contributed by atoms with Crippen LogP contribution in [0.1, 0.15) is 24.4 Å². The number of benzene rings is 1. The maximum absolute atomic E-state index is 12.5. The van der Waals surface area contributed by atoms with Gasteiger partial charge in [0.05, 0.1) is 26.4 Å². The second-order valence-corrected chi connectivity index (χ2v) is 6.71. The molecular weight excluding hydrogens is 354 g/mol. The number of nitrogens with zero attached hydrogens (tertiary/aromatic N) is 1. The van der Waals surface area contributed by atoms with Crippen LogP contribution >= 0.6 is 12.4 Å². The van der Waals surface area contributed by atoms with Crippen LogP contribution in [0.15, 0.2) is 24.3 Å². The normalized spacial score (nSPS) is 20.0. The van der Waals surface area contributed by atoms with Crippen LogP contribution in [0.3, 0.4) is 0 Å². The second-order valence-electron chi connectivity index (χ2n) is 6.71. The largest absolute Gasteiger partial charge is 0.497 e. The number of halogens is 1. The van der Waals surface area contributed by atoms with E-state index in [2.05, 4.69) is 27.7 Å². The Bertz CT molecular complexity index is 543. The molecule has 146 valence electrons. The summed E-state index contributed by atoms with van der Waals surface area (Å²) < 4.78 is 10.7. The van der Waals surface area contributed by atoms with Crippen molar-refractivity contribution in [2.45, 2.75) is 18.9 Å². The summed E-state index contributed by atoms with van der Waals surface area (Å²) in [6.45, 7) is 5.77. The number of carbonyl (C=O) groups is 1. The zero-order valence-corrected chi connectivity index (χ0v) is 16.2. The molecule has 6 nitrogen and oxygen atoms in total. The molecule has 2 aliphatic heterocycles. The number of rotatable bonds is 6. The average Bonchev–Trinajstić information content (AvgIpc) is 2.70. The van der Waals surface area contributed by atoms with Gasteiger partial charge in [-0.25, -0.2) is 0 Å². The van der Waals surface area contributed by atoms with Crippen LogP contribution in [-0.2, 0) is 9.53 Å². The first-order chi connectivity index (χ1) is 12.3. The van der Waals surface area contributed by atoms with Crippen molar-refractivity contribution >= 4 is 18.3 Å². The number of morpholine rings is 1. The molecule has 2 N–H and O–H groups in total. The molecular formula is C19H30ClN3O3. The summed E-state index contributed by atoms with van der Waals surface area (Å²) >= 11 is 0. The minimum Gasteiger partial charge on any atom is -0.497 e. The number of hydrogen-bond donors (Lipinski definition) is 2. The first kappa shape index (κ1) is 21.0. The molecule has 0 radical (unpaired) electrons. The Labute approximate surface area is 162 Å². The molecule has 0 bridgehead atoms. The zero-order chi connectivity index (χ0) is 17.5. The van der Waals surface area contributed by atoms with E-state index in [1.54, 1.807) is 7.11 Å². The van der Waals surface area contributed by atoms with E-state index in [1.165, 1.54) is 5.56 Å². The molecule has 0 saturated carbocycles. The Hall–Kier alpha value is -1.34. The van der Waals surface area contributed by atoms with Gasteiger partial charge in [-0.3, -0.25) is 9.69 Å². The van der Waals surface area contributed by atoms with Crippen molar-refractivity contribution in [3.8, 4) is 5.75 Å². The van der Waals surface area contributed by atoms with Crippen LogP contribution in [0.4, 0.5) is 0 Å². The van der Waals surface area contributed by atoms with Crippen molar-refractivity contribution in [2.24, 2.45) is 5.92 Å². The average molecular weight is 384 g/mol. The number of hydrogen-bond acceptors (Lipinski definition) is 5. The van der Waals surface area contributed by atoms with E-state index in [1.807, 2.05) is 12.1 Å². The van der Waals surface area contributed by atoms with Gasteiger partial charge in [0, 0.05) is 25.6 Å². The summed E-state index contributed by atoms with van der Waals surface area (Å²) in [5.41, 5.74) is 1.20. The van der Waals surface area contributed by atoms with Gasteiger partial charge in [-0.2, -0.15) is 0 Å². The van der Waals surface area contributed by atoms with Crippen LogP contribution in [0.25, 0.3) is 0 Å². The molecule has 2 aliphatic rings. The van der Waals surface area contributed by atoms with E-state index < -0.39 is 0 Å². The van der Waals surface area contributed by atoms with E-state index in [0.29, 0.717) is 6.54 Å². The van der Waals surface area contributed by atoms with Gasteiger partial charge in [-0.05, 0) is 43.6 Å². The van der Waals surface area contributed by atoms with Gasteiger partial charge < -0.3 is 20.1 Å². The number of methoxy groups -OCH3 is 1. The van der Waals surface area contributed by atoms with Crippen molar-refractivity contribution in [3.63, 3.8) is 0 Å². The smallest absolute Gasteiger partial charge is 0.223 e. The summed E-state index contributed by atoms with van der Waals surface area (Å²) in [7, 11) is 1.67. The van der Waals surface area contributed by atoms with E-state index in [9.17, 15) is 4.79 Å². The minimum atomic E-state index is 0. The summed E-state index contributed by atoms with van der Waals surface area (Å²) in [5.74, 6) is 1.18. The van der Waals surface area contributed by atoms with Crippen LogP contribution in [0.2, 0.25) is 0 Å². The highest BCUT2D eigenvalue weighted by Gasteiger charge is 2.26. The van der Waals surface area contributed by atoms with Crippen molar-refractivity contribution in [1.29, 1.82) is 0 Å². The first-order valence-corrected chi connectivity index (χ1v) is 9.22. The lowest BCUT2D eigenvalue weighted by atomic mass is 9.97. The Morgan fingerprint density at radius 1 is 1.27 bits per heavy atom. The fourth-order valence-electron chi connectivity index (χ4n) is 3.60. The number of amides is 1. The molecule has 7 heteroatoms. The molecule has 1 amide bonds. The number of carbonyl (C=O) groups excluding carboxylic acids is 1. The molecule has 1 aromatic rings. The predicted octanol–water partition coefficient (Wildman–Crippen LogP) is 1.61. The molecule has 0 aliphatic carbocycles. The number of nitrogens with one attached hydrogen (secondary N) is 2.